The lowest BCUT2D eigenvalue weighted by atomic mass is 10.2. The molecule has 7 nitrogen and oxygen atoms in total. The molecule has 25 heavy (non-hydrogen) atoms. The molecule has 0 aliphatic rings. The van der Waals surface area contributed by atoms with E-state index in [0.29, 0.717) is 17.2 Å². The highest BCUT2D eigenvalue weighted by Gasteiger charge is 2.15. The molecule has 0 spiro atoms. The van der Waals surface area contributed by atoms with Crippen molar-refractivity contribution in [1.29, 1.82) is 0 Å². The minimum absolute atomic E-state index is 0.0106. The first-order valence-electron chi connectivity index (χ1n) is 7.66. The predicted molar refractivity (Wildman–Crippen MR) is 87.2 cm³/mol. The molecule has 0 bridgehead atoms. The van der Waals surface area contributed by atoms with Crippen molar-refractivity contribution in [3.05, 3.63) is 66.2 Å². The van der Waals surface area contributed by atoms with E-state index in [0.717, 1.165) is 10.9 Å². The maximum atomic E-state index is 12.0. The molecule has 0 radical (unpaired) electrons. The molecule has 0 amide bonds. The molecule has 2 aromatic heterocycles. The van der Waals surface area contributed by atoms with Gasteiger partial charge in [-0.1, -0.05) is 35.5 Å². The minimum Gasteiger partial charge on any atom is -0.455 e. The second kappa shape index (κ2) is 6.56. The van der Waals surface area contributed by atoms with Crippen LogP contribution in [0.1, 0.15) is 11.6 Å². The van der Waals surface area contributed by atoms with Gasteiger partial charge >= 0.3 is 5.97 Å². The van der Waals surface area contributed by atoms with E-state index in [9.17, 15) is 4.79 Å². The summed E-state index contributed by atoms with van der Waals surface area (Å²) < 4.78 is 15.8. The molecule has 0 atom stereocenters. The maximum Gasteiger partial charge on any atom is 0.312 e. The molecule has 0 unspecified atom stereocenters. The van der Waals surface area contributed by atoms with Gasteiger partial charge in [0.15, 0.2) is 12.2 Å². The average Bonchev–Trinajstić information content (AvgIpc) is 3.28. The quantitative estimate of drug-likeness (QED) is 0.517. The van der Waals surface area contributed by atoms with Crippen molar-refractivity contribution in [2.75, 3.05) is 0 Å². The van der Waals surface area contributed by atoms with Gasteiger partial charge in [0.1, 0.15) is 5.69 Å². The van der Waals surface area contributed by atoms with Crippen molar-refractivity contribution >= 4 is 16.9 Å². The lowest BCUT2D eigenvalue weighted by molar-refractivity contribution is -0.144. The van der Waals surface area contributed by atoms with Crippen molar-refractivity contribution in [3.63, 3.8) is 0 Å². The summed E-state index contributed by atoms with van der Waals surface area (Å²) in [6.45, 7) is -0.0888. The molecule has 0 N–H and O–H groups in total. The zero-order valence-corrected chi connectivity index (χ0v) is 13.1. The number of esters is 1. The molecule has 0 fully saturated rings. The molecule has 7 heteroatoms. The summed E-state index contributed by atoms with van der Waals surface area (Å²) in [6.07, 6.45) is 0.0106. The molecule has 4 aromatic rings. The monoisotopic (exact) mass is 335 g/mol. The smallest absolute Gasteiger partial charge is 0.312 e. The van der Waals surface area contributed by atoms with Crippen LogP contribution < -0.4 is 0 Å². The zero-order chi connectivity index (χ0) is 17.1. The van der Waals surface area contributed by atoms with E-state index in [4.69, 9.17) is 13.7 Å². The van der Waals surface area contributed by atoms with Crippen molar-refractivity contribution in [1.82, 2.24) is 15.4 Å². The number of rotatable bonds is 5. The SMILES string of the molecule is O=C(Cc1noc2ccccc12)OCc1nnc(-c2ccccc2)o1. The Morgan fingerprint density at radius 3 is 2.68 bits per heavy atom. The summed E-state index contributed by atoms with van der Waals surface area (Å²) in [7, 11) is 0. The Kier molecular flexibility index (Phi) is 3.96. The van der Waals surface area contributed by atoms with Gasteiger partial charge in [-0.05, 0) is 24.3 Å². The second-order valence-electron chi connectivity index (χ2n) is 5.33. The van der Waals surface area contributed by atoms with Gasteiger partial charge in [-0.15, -0.1) is 10.2 Å². The van der Waals surface area contributed by atoms with Crippen molar-refractivity contribution in [2.45, 2.75) is 13.0 Å². The van der Waals surface area contributed by atoms with Gasteiger partial charge in [0, 0.05) is 10.9 Å². The zero-order valence-electron chi connectivity index (χ0n) is 13.1. The van der Waals surface area contributed by atoms with E-state index >= 15 is 0 Å². The fourth-order valence-corrected chi connectivity index (χ4v) is 2.40. The average molecular weight is 335 g/mol. The van der Waals surface area contributed by atoms with E-state index in [1.165, 1.54) is 0 Å². The summed E-state index contributed by atoms with van der Waals surface area (Å²) in [5, 5.41) is 12.5. The van der Waals surface area contributed by atoms with Crippen LogP contribution in [0.2, 0.25) is 0 Å². The van der Waals surface area contributed by atoms with Gasteiger partial charge in [0.2, 0.25) is 5.89 Å². The first-order chi connectivity index (χ1) is 12.3. The highest BCUT2D eigenvalue weighted by atomic mass is 16.5. The number of ether oxygens (including phenoxy) is 1. The third kappa shape index (κ3) is 3.25. The Morgan fingerprint density at radius 2 is 1.80 bits per heavy atom. The Bertz CT molecular complexity index is 1010. The normalized spacial score (nSPS) is 10.9. The first-order valence-corrected chi connectivity index (χ1v) is 7.66. The van der Waals surface area contributed by atoms with E-state index in [-0.39, 0.29) is 18.9 Å². The van der Waals surface area contributed by atoms with E-state index < -0.39 is 5.97 Å². The summed E-state index contributed by atoms with van der Waals surface area (Å²) in [6, 6.07) is 16.7. The van der Waals surface area contributed by atoms with Gasteiger partial charge in [0.25, 0.3) is 5.89 Å². The fourth-order valence-electron chi connectivity index (χ4n) is 2.40. The van der Waals surface area contributed by atoms with Crippen LogP contribution in [0.3, 0.4) is 0 Å². The molecular formula is C18H13N3O4. The number of benzene rings is 2. The van der Waals surface area contributed by atoms with E-state index in [1.54, 1.807) is 6.07 Å². The molecule has 0 saturated heterocycles. The summed E-state index contributed by atoms with van der Waals surface area (Å²) in [4.78, 5) is 12.0. The number of carbonyl (C=O) groups is 1. The van der Waals surface area contributed by atoms with Gasteiger partial charge in [0.05, 0.1) is 6.42 Å². The summed E-state index contributed by atoms with van der Waals surface area (Å²) >= 11 is 0. The number of carbonyl (C=O) groups excluding carboxylic acids is 1. The van der Waals surface area contributed by atoms with E-state index in [1.807, 2.05) is 48.5 Å². The summed E-state index contributed by atoms with van der Waals surface area (Å²) in [5.41, 5.74) is 1.98. The predicted octanol–water partition coefficient (Wildman–Crippen LogP) is 3.16. The lowest BCUT2D eigenvalue weighted by Crippen LogP contribution is -2.08. The lowest BCUT2D eigenvalue weighted by Gasteiger charge is -2.00. The van der Waals surface area contributed by atoms with Crippen molar-refractivity contribution in [2.24, 2.45) is 0 Å². The molecule has 2 heterocycles. The van der Waals surface area contributed by atoms with Crippen LogP contribution >= 0.6 is 0 Å². The number of aromatic nitrogens is 3. The van der Waals surface area contributed by atoms with Crippen molar-refractivity contribution < 1.29 is 18.5 Å². The largest absolute Gasteiger partial charge is 0.455 e. The molecule has 0 aliphatic heterocycles. The number of hydrogen-bond acceptors (Lipinski definition) is 7. The van der Waals surface area contributed by atoms with Crippen LogP contribution in [-0.2, 0) is 22.6 Å². The molecule has 0 saturated carbocycles. The highest BCUT2D eigenvalue weighted by Crippen LogP contribution is 2.19. The van der Waals surface area contributed by atoms with Crippen LogP contribution in [0.25, 0.3) is 22.4 Å². The van der Waals surface area contributed by atoms with Crippen LogP contribution in [0.4, 0.5) is 0 Å². The third-order valence-corrected chi connectivity index (χ3v) is 3.61. The van der Waals surface area contributed by atoms with Gasteiger partial charge in [-0.3, -0.25) is 4.79 Å². The third-order valence-electron chi connectivity index (χ3n) is 3.61. The number of nitrogens with zero attached hydrogens (tertiary/aromatic N) is 3. The molecule has 0 aliphatic carbocycles. The number of fused-ring (bicyclic) bond motifs is 1. The number of para-hydroxylation sites is 1. The molecular weight excluding hydrogens is 322 g/mol. The van der Waals surface area contributed by atoms with Crippen LogP contribution in [0.15, 0.2) is 63.5 Å². The minimum atomic E-state index is -0.446. The first kappa shape index (κ1) is 15.1. The standard InChI is InChI=1S/C18H13N3O4/c22-17(10-14-13-8-4-5-9-15(13)25-21-14)23-11-16-19-20-18(24-16)12-6-2-1-3-7-12/h1-9H,10-11H2. The highest BCUT2D eigenvalue weighted by molar-refractivity contribution is 5.84. The Morgan fingerprint density at radius 1 is 1.00 bits per heavy atom. The Balaban J connectivity index is 1.38. The van der Waals surface area contributed by atoms with Crippen LogP contribution in [0.5, 0.6) is 0 Å². The maximum absolute atomic E-state index is 12.0. The molecule has 2 aromatic carbocycles. The van der Waals surface area contributed by atoms with Crippen LogP contribution in [-0.4, -0.2) is 21.3 Å². The van der Waals surface area contributed by atoms with Gasteiger partial charge in [-0.25, -0.2) is 0 Å². The topological polar surface area (TPSA) is 91.2 Å². The van der Waals surface area contributed by atoms with Crippen molar-refractivity contribution in [3.8, 4) is 11.5 Å². The molecule has 4 rings (SSSR count). The Labute approximate surface area is 142 Å². The number of hydrogen-bond donors (Lipinski definition) is 0. The van der Waals surface area contributed by atoms with Gasteiger partial charge < -0.3 is 13.7 Å². The molecule has 124 valence electrons. The van der Waals surface area contributed by atoms with Crippen LogP contribution in [0, 0.1) is 0 Å². The fraction of sp³-hybridized carbons (Fsp3) is 0.111. The summed E-state index contributed by atoms with van der Waals surface area (Å²) in [5.74, 6) is 0.171. The van der Waals surface area contributed by atoms with E-state index in [2.05, 4.69) is 15.4 Å². The Hall–Kier alpha value is -3.48. The second-order valence-corrected chi connectivity index (χ2v) is 5.33. The van der Waals surface area contributed by atoms with Gasteiger partial charge in [-0.2, -0.15) is 0 Å².